The van der Waals surface area contributed by atoms with Gasteiger partial charge in [0.2, 0.25) is 0 Å². The van der Waals surface area contributed by atoms with Gasteiger partial charge in [-0.25, -0.2) is 0 Å². The minimum Gasteiger partial charge on any atom is -0.354 e. The Morgan fingerprint density at radius 1 is 0.950 bits per heavy atom. The molecular formula is C17H19Cl2N. The molecule has 0 radical (unpaired) electrons. The van der Waals surface area contributed by atoms with Crippen molar-refractivity contribution in [2.75, 3.05) is 5.32 Å². The van der Waals surface area contributed by atoms with Crippen LogP contribution in [0.3, 0.4) is 0 Å². The molecule has 2 aromatic carbocycles. The number of hydrogen-bond acceptors (Lipinski definition) is 1. The maximum Gasteiger partial charge on any atom is 0.0827 e. The summed E-state index contributed by atoms with van der Waals surface area (Å²) in [6.45, 7) is 8.60. The number of rotatable bonds is 2. The Bertz CT molecular complexity index is 610. The van der Waals surface area contributed by atoms with E-state index in [1.54, 1.807) is 0 Å². The molecule has 3 heteroatoms. The first-order chi connectivity index (χ1) is 9.27. The molecule has 0 saturated carbocycles. The summed E-state index contributed by atoms with van der Waals surface area (Å²) < 4.78 is 0. The number of halogens is 2. The summed E-state index contributed by atoms with van der Waals surface area (Å²) >= 11 is 12.3. The maximum absolute atomic E-state index is 6.22. The van der Waals surface area contributed by atoms with Crippen molar-refractivity contribution in [3.8, 4) is 0 Å². The summed E-state index contributed by atoms with van der Waals surface area (Å²) in [6.07, 6.45) is 0. The Morgan fingerprint density at radius 2 is 1.55 bits per heavy atom. The molecular weight excluding hydrogens is 289 g/mol. The monoisotopic (exact) mass is 307 g/mol. The molecule has 106 valence electrons. The minimum absolute atomic E-state index is 0.156. The Hall–Kier alpha value is -1.18. The average molecular weight is 308 g/mol. The molecule has 0 unspecified atom stereocenters. The molecule has 0 atom stereocenters. The molecule has 0 aliphatic carbocycles. The predicted molar refractivity (Wildman–Crippen MR) is 89.6 cm³/mol. The van der Waals surface area contributed by atoms with Crippen LogP contribution in [-0.4, -0.2) is 0 Å². The molecule has 1 nitrogen and oxygen atoms in total. The average Bonchev–Trinajstić information content (AvgIpc) is 2.35. The highest BCUT2D eigenvalue weighted by atomic mass is 35.5. The summed E-state index contributed by atoms with van der Waals surface area (Å²) in [7, 11) is 0. The molecule has 0 aliphatic heterocycles. The molecule has 0 spiro atoms. The van der Waals surface area contributed by atoms with Crippen LogP contribution >= 0.6 is 23.2 Å². The molecule has 0 amide bonds. The first kappa shape index (κ1) is 15.2. The highest BCUT2D eigenvalue weighted by molar-refractivity contribution is 6.43. The molecule has 0 bridgehead atoms. The normalized spacial score (nSPS) is 11.5. The van der Waals surface area contributed by atoms with Gasteiger partial charge in [0.05, 0.1) is 15.7 Å². The van der Waals surface area contributed by atoms with Gasteiger partial charge in [-0.05, 0) is 47.7 Å². The van der Waals surface area contributed by atoms with Crippen LogP contribution in [0, 0.1) is 6.92 Å². The van der Waals surface area contributed by atoms with Crippen molar-refractivity contribution in [2.45, 2.75) is 33.1 Å². The third-order valence-electron chi connectivity index (χ3n) is 3.20. The number of nitrogens with one attached hydrogen (secondary N) is 1. The summed E-state index contributed by atoms with van der Waals surface area (Å²) in [5, 5.41) is 4.44. The van der Waals surface area contributed by atoms with Gasteiger partial charge in [-0.15, -0.1) is 0 Å². The zero-order valence-corrected chi connectivity index (χ0v) is 13.7. The Balaban J connectivity index is 2.27. The zero-order valence-electron chi connectivity index (χ0n) is 12.2. The van der Waals surface area contributed by atoms with Crippen molar-refractivity contribution in [3.63, 3.8) is 0 Å². The molecule has 0 aliphatic rings. The van der Waals surface area contributed by atoms with E-state index in [0.29, 0.717) is 10.0 Å². The molecule has 0 fully saturated rings. The second-order valence-electron chi connectivity index (χ2n) is 6.06. The van der Waals surface area contributed by atoms with Gasteiger partial charge in [-0.1, -0.05) is 56.1 Å². The van der Waals surface area contributed by atoms with Crippen molar-refractivity contribution in [1.29, 1.82) is 0 Å². The van der Waals surface area contributed by atoms with E-state index in [1.807, 2.05) is 19.1 Å². The van der Waals surface area contributed by atoms with E-state index in [-0.39, 0.29) is 5.41 Å². The van der Waals surface area contributed by atoms with Crippen molar-refractivity contribution in [2.24, 2.45) is 0 Å². The summed E-state index contributed by atoms with van der Waals surface area (Å²) in [4.78, 5) is 0. The van der Waals surface area contributed by atoms with Gasteiger partial charge < -0.3 is 5.32 Å². The lowest BCUT2D eigenvalue weighted by atomic mass is 9.87. The van der Waals surface area contributed by atoms with Crippen LogP contribution in [0.2, 0.25) is 10.0 Å². The molecule has 0 saturated heterocycles. The number of hydrogen-bond donors (Lipinski definition) is 1. The fourth-order valence-corrected chi connectivity index (χ4v) is 2.45. The zero-order chi connectivity index (χ0) is 14.9. The Morgan fingerprint density at radius 3 is 2.10 bits per heavy atom. The van der Waals surface area contributed by atoms with E-state index in [9.17, 15) is 0 Å². The van der Waals surface area contributed by atoms with Gasteiger partial charge in [-0.2, -0.15) is 0 Å². The number of aryl methyl sites for hydroxylation is 1. The van der Waals surface area contributed by atoms with E-state index in [0.717, 1.165) is 16.9 Å². The standard InChI is InChI=1S/C17H19Cl2N/c1-11-9-14(18)16(19)15(10-11)20-13-7-5-12(6-8-13)17(2,3)4/h5-10,20H,1-4H3. The van der Waals surface area contributed by atoms with Crippen LogP contribution in [0.5, 0.6) is 0 Å². The smallest absolute Gasteiger partial charge is 0.0827 e. The van der Waals surface area contributed by atoms with E-state index >= 15 is 0 Å². The number of anilines is 2. The molecule has 2 rings (SSSR count). The van der Waals surface area contributed by atoms with E-state index in [2.05, 4.69) is 50.4 Å². The predicted octanol–water partition coefficient (Wildman–Crippen LogP) is 6.34. The highest BCUT2D eigenvalue weighted by Crippen LogP contribution is 2.33. The lowest BCUT2D eigenvalue weighted by Crippen LogP contribution is -2.10. The van der Waals surface area contributed by atoms with Crippen molar-refractivity contribution < 1.29 is 0 Å². The fourth-order valence-electron chi connectivity index (χ4n) is 2.02. The maximum atomic E-state index is 6.22. The summed E-state index contributed by atoms with van der Waals surface area (Å²) in [6, 6.07) is 12.2. The van der Waals surface area contributed by atoms with Crippen LogP contribution in [0.15, 0.2) is 36.4 Å². The third-order valence-corrected chi connectivity index (χ3v) is 4.00. The topological polar surface area (TPSA) is 12.0 Å². The second-order valence-corrected chi connectivity index (χ2v) is 6.85. The molecule has 0 aromatic heterocycles. The van der Waals surface area contributed by atoms with Crippen LogP contribution in [0.1, 0.15) is 31.9 Å². The van der Waals surface area contributed by atoms with Crippen molar-refractivity contribution in [3.05, 3.63) is 57.6 Å². The van der Waals surface area contributed by atoms with E-state index < -0.39 is 0 Å². The quantitative estimate of drug-likeness (QED) is 0.682. The van der Waals surface area contributed by atoms with Gasteiger partial charge >= 0.3 is 0 Å². The SMILES string of the molecule is Cc1cc(Cl)c(Cl)c(Nc2ccc(C(C)(C)C)cc2)c1. The lowest BCUT2D eigenvalue weighted by Gasteiger charge is -2.19. The number of benzene rings is 2. The second kappa shape index (κ2) is 5.67. The Kier molecular flexibility index (Phi) is 4.31. The van der Waals surface area contributed by atoms with E-state index in [4.69, 9.17) is 23.2 Å². The van der Waals surface area contributed by atoms with Crippen molar-refractivity contribution >= 4 is 34.6 Å². The van der Waals surface area contributed by atoms with Gasteiger partial charge in [0.25, 0.3) is 0 Å². The van der Waals surface area contributed by atoms with Gasteiger partial charge in [0.1, 0.15) is 0 Å². The molecule has 0 heterocycles. The largest absolute Gasteiger partial charge is 0.354 e. The summed E-state index contributed by atoms with van der Waals surface area (Å²) in [5.74, 6) is 0. The fraction of sp³-hybridized carbons (Fsp3) is 0.294. The van der Waals surface area contributed by atoms with Crippen LogP contribution in [0.4, 0.5) is 11.4 Å². The van der Waals surface area contributed by atoms with Crippen LogP contribution < -0.4 is 5.32 Å². The van der Waals surface area contributed by atoms with Crippen molar-refractivity contribution in [1.82, 2.24) is 0 Å². The summed E-state index contributed by atoms with van der Waals surface area (Å²) in [5.41, 5.74) is 4.37. The van der Waals surface area contributed by atoms with E-state index in [1.165, 1.54) is 5.56 Å². The molecule has 2 aromatic rings. The third kappa shape index (κ3) is 3.47. The molecule has 1 N–H and O–H groups in total. The minimum atomic E-state index is 0.156. The van der Waals surface area contributed by atoms with Gasteiger partial charge in [-0.3, -0.25) is 0 Å². The first-order valence-electron chi connectivity index (χ1n) is 6.60. The van der Waals surface area contributed by atoms with Crippen LogP contribution in [-0.2, 0) is 5.41 Å². The van der Waals surface area contributed by atoms with Gasteiger partial charge in [0, 0.05) is 5.69 Å². The highest BCUT2D eigenvalue weighted by Gasteiger charge is 2.13. The van der Waals surface area contributed by atoms with Gasteiger partial charge in [0.15, 0.2) is 0 Å². The first-order valence-corrected chi connectivity index (χ1v) is 7.36. The lowest BCUT2D eigenvalue weighted by molar-refractivity contribution is 0.590. The Labute approximate surface area is 130 Å². The van der Waals surface area contributed by atoms with Crippen LogP contribution in [0.25, 0.3) is 0 Å². The molecule has 20 heavy (non-hydrogen) atoms.